The van der Waals surface area contributed by atoms with Gasteiger partial charge in [0.15, 0.2) is 8.68 Å². The fourth-order valence-electron chi connectivity index (χ4n) is 1.07. The molecule has 0 saturated carbocycles. The highest BCUT2D eigenvalue weighted by Gasteiger charge is 2.11. The van der Waals surface area contributed by atoms with Crippen LogP contribution in [0.3, 0.4) is 0 Å². The topological polar surface area (TPSA) is 63.6 Å². The number of hydrogen-bond acceptors (Lipinski definition) is 8. The number of halogens is 1. The van der Waals surface area contributed by atoms with E-state index in [9.17, 15) is 0 Å². The van der Waals surface area contributed by atoms with E-state index in [0.29, 0.717) is 16.0 Å². The first kappa shape index (κ1) is 13.9. The zero-order chi connectivity index (χ0) is 13.0. The molecule has 18 heavy (non-hydrogen) atoms. The van der Waals surface area contributed by atoms with Crippen molar-refractivity contribution in [2.24, 2.45) is 0 Å². The van der Waals surface area contributed by atoms with Crippen molar-refractivity contribution < 1.29 is 0 Å². The number of rotatable bonds is 5. The summed E-state index contributed by atoms with van der Waals surface area (Å²) < 4.78 is 1.75. The van der Waals surface area contributed by atoms with Crippen LogP contribution in [0.2, 0.25) is 5.02 Å². The van der Waals surface area contributed by atoms with Crippen LogP contribution >= 0.6 is 46.5 Å². The van der Waals surface area contributed by atoms with Crippen LogP contribution < -0.4 is 5.32 Å². The second-order valence-corrected chi connectivity index (χ2v) is 6.69. The molecule has 9 heteroatoms. The van der Waals surface area contributed by atoms with Crippen molar-refractivity contribution in [3.05, 3.63) is 11.2 Å². The lowest BCUT2D eigenvalue weighted by molar-refractivity contribution is 0.951. The van der Waals surface area contributed by atoms with Gasteiger partial charge in [-0.25, -0.2) is 9.97 Å². The Balaban J connectivity index is 2.19. The molecule has 0 aliphatic rings. The largest absolute Gasteiger partial charge is 0.354 e. The second kappa shape index (κ2) is 6.55. The molecule has 0 aliphatic carbocycles. The summed E-state index contributed by atoms with van der Waals surface area (Å²) in [5.74, 6) is 0.569. The Labute approximate surface area is 122 Å². The molecular formula is C9H10ClN5S3. The van der Waals surface area contributed by atoms with Crippen molar-refractivity contribution in [1.82, 2.24) is 20.2 Å². The Hall–Kier alpha value is -0.570. The van der Waals surface area contributed by atoms with Crippen LogP contribution in [-0.4, -0.2) is 33.0 Å². The average molecular weight is 320 g/mol. The van der Waals surface area contributed by atoms with Gasteiger partial charge in [0.25, 0.3) is 0 Å². The van der Waals surface area contributed by atoms with Gasteiger partial charge in [0, 0.05) is 6.54 Å². The number of nitrogens with one attached hydrogen (secondary N) is 1. The van der Waals surface area contributed by atoms with Crippen molar-refractivity contribution in [3.63, 3.8) is 0 Å². The van der Waals surface area contributed by atoms with Crippen molar-refractivity contribution in [2.75, 3.05) is 18.1 Å². The first-order chi connectivity index (χ1) is 8.72. The molecule has 96 valence electrons. The maximum Gasteiger partial charge on any atom is 0.223 e. The molecule has 0 aromatic carbocycles. The van der Waals surface area contributed by atoms with E-state index in [4.69, 9.17) is 11.6 Å². The van der Waals surface area contributed by atoms with Gasteiger partial charge >= 0.3 is 0 Å². The number of thioether (sulfide) groups is 1. The van der Waals surface area contributed by atoms with Gasteiger partial charge in [0.2, 0.25) is 5.95 Å². The molecule has 0 radical (unpaired) electrons. The minimum absolute atomic E-state index is 0.516. The maximum absolute atomic E-state index is 6.06. The summed E-state index contributed by atoms with van der Waals surface area (Å²) in [6.07, 6.45) is 3.56. The van der Waals surface area contributed by atoms with Gasteiger partial charge in [-0.1, -0.05) is 34.7 Å². The number of anilines is 1. The average Bonchev–Trinajstić information content (AvgIpc) is 2.81. The predicted molar refractivity (Wildman–Crippen MR) is 77.0 cm³/mol. The fourth-order valence-corrected chi connectivity index (χ4v) is 3.61. The first-order valence-electron chi connectivity index (χ1n) is 5.04. The monoisotopic (exact) mass is 319 g/mol. The lowest BCUT2D eigenvalue weighted by Gasteiger charge is -2.04. The Morgan fingerprint density at radius 2 is 2.17 bits per heavy atom. The van der Waals surface area contributed by atoms with E-state index in [-0.39, 0.29) is 0 Å². The molecule has 0 aliphatic heterocycles. The van der Waals surface area contributed by atoms with E-state index in [0.717, 1.165) is 15.2 Å². The van der Waals surface area contributed by atoms with Crippen molar-refractivity contribution >= 4 is 52.4 Å². The van der Waals surface area contributed by atoms with Crippen LogP contribution in [-0.2, 0) is 0 Å². The van der Waals surface area contributed by atoms with Crippen molar-refractivity contribution in [1.29, 1.82) is 0 Å². The molecular weight excluding hydrogens is 310 g/mol. The van der Waals surface area contributed by atoms with Gasteiger partial charge in [-0.15, -0.1) is 10.2 Å². The van der Waals surface area contributed by atoms with Crippen LogP contribution in [0.4, 0.5) is 5.95 Å². The van der Waals surface area contributed by atoms with E-state index in [1.54, 1.807) is 18.0 Å². The zero-order valence-electron chi connectivity index (χ0n) is 9.68. The van der Waals surface area contributed by atoms with Crippen molar-refractivity contribution in [3.8, 4) is 0 Å². The summed E-state index contributed by atoms with van der Waals surface area (Å²) in [7, 11) is 0. The molecule has 0 spiro atoms. The maximum atomic E-state index is 6.06. The molecule has 0 bridgehead atoms. The molecule has 2 rings (SSSR count). The molecule has 2 aromatic heterocycles. The van der Waals surface area contributed by atoms with E-state index >= 15 is 0 Å². The highest BCUT2D eigenvalue weighted by Crippen LogP contribution is 2.35. The van der Waals surface area contributed by atoms with Gasteiger partial charge < -0.3 is 5.32 Å². The third-order valence-electron chi connectivity index (χ3n) is 1.79. The number of nitrogens with zero attached hydrogens (tertiary/aromatic N) is 4. The lowest BCUT2D eigenvalue weighted by atomic mass is 10.6. The van der Waals surface area contributed by atoms with Gasteiger partial charge in [0.1, 0.15) is 5.03 Å². The highest BCUT2D eigenvalue weighted by molar-refractivity contribution is 8.03. The van der Waals surface area contributed by atoms with E-state index < -0.39 is 0 Å². The van der Waals surface area contributed by atoms with Gasteiger partial charge in [-0.3, -0.25) is 0 Å². The quantitative estimate of drug-likeness (QED) is 0.670. The molecule has 5 nitrogen and oxygen atoms in total. The Kier molecular flexibility index (Phi) is 5.04. The molecule has 0 amide bonds. The molecule has 1 N–H and O–H groups in total. The number of aromatic nitrogens is 4. The summed E-state index contributed by atoms with van der Waals surface area (Å²) in [4.78, 5) is 8.42. The van der Waals surface area contributed by atoms with E-state index in [1.807, 2.05) is 13.2 Å². The zero-order valence-corrected chi connectivity index (χ0v) is 12.9. The van der Waals surface area contributed by atoms with Crippen LogP contribution in [0.25, 0.3) is 0 Å². The first-order valence-corrected chi connectivity index (χ1v) is 8.28. The van der Waals surface area contributed by atoms with Crippen molar-refractivity contribution in [2.45, 2.75) is 20.6 Å². The van der Waals surface area contributed by atoms with E-state index in [1.165, 1.54) is 23.1 Å². The summed E-state index contributed by atoms with van der Waals surface area (Å²) in [5, 5.41) is 12.3. The normalized spacial score (nSPS) is 10.6. The minimum atomic E-state index is 0.516. The molecule has 0 fully saturated rings. The Bertz CT molecular complexity index is 533. The Morgan fingerprint density at radius 1 is 1.39 bits per heavy atom. The summed E-state index contributed by atoms with van der Waals surface area (Å²) in [5.41, 5.74) is 0. The van der Waals surface area contributed by atoms with Crippen LogP contribution in [0.15, 0.2) is 19.9 Å². The minimum Gasteiger partial charge on any atom is -0.354 e. The molecule has 2 aromatic rings. The summed E-state index contributed by atoms with van der Waals surface area (Å²) in [6.45, 7) is 2.75. The van der Waals surface area contributed by atoms with Crippen LogP contribution in [0.1, 0.15) is 6.92 Å². The lowest BCUT2D eigenvalue weighted by Crippen LogP contribution is -2.02. The van der Waals surface area contributed by atoms with Gasteiger partial charge in [0.05, 0.1) is 11.2 Å². The third kappa shape index (κ3) is 3.47. The smallest absolute Gasteiger partial charge is 0.223 e. The standard InChI is InChI=1S/C9H10ClN5S3/c1-3-11-7-12-4-5(10)6(13-7)17-9-15-14-8(16-2)18-9/h4H,3H2,1-2H3,(H,11,12,13). The van der Waals surface area contributed by atoms with Crippen LogP contribution in [0, 0.1) is 0 Å². The van der Waals surface area contributed by atoms with Crippen LogP contribution in [0.5, 0.6) is 0 Å². The second-order valence-electron chi connectivity index (χ2n) is 3.02. The Morgan fingerprint density at radius 3 is 2.83 bits per heavy atom. The van der Waals surface area contributed by atoms with Gasteiger partial charge in [-0.05, 0) is 24.9 Å². The van der Waals surface area contributed by atoms with Gasteiger partial charge in [-0.2, -0.15) is 0 Å². The summed E-state index contributed by atoms with van der Waals surface area (Å²) in [6, 6.07) is 0. The molecule has 0 saturated heterocycles. The fraction of sp³-hybridized carbons (Fsp3) is 0.333. The molecule has 2 heterocycles. The third-order valence-corrected chi connectivity index (χ3v) is 5.14. The highest BCUT2D eigenvalue weighted by atomic mass is 35.5. The SMILES string of the molecule is CCNc1ncc(Cl)c(Sc2nnc(SC)s2)n1. The molecule has 0 atom stereocenters. The number of hydrogen-bond donors (Lipinski definition) is 1. The molecule has 0 unspecified atom stereocenters. The predicted octanol–water partition coefficient (Wildman–Crippen LogP) is 3.29. The summed E-state index contributed by atoms with van der Waals surface area (Å²) >= 11 is 10.6. The van der Waals surface area contributed by atoms with E-state index in [2.05, 4.69) is 25.5 Å².